The minimum absolute atomic E-state index is 0.274. The van der Waals surface area contributed by atoms with Crippen LogP contribution in [0.3, 0.4) is 0 Å². The first-order chi connectivity index (χ1) is 10.8. The molecule has 23 heavy (non-hydrogen) atoms. The molecule has 0 saturated heterocycles. The fraction of sp³-hybridized carbons (Fsp3) is 0.133. The van der Waals surface area contributed by atoms with Crippen LogP contribution < -0.4 is 10.1 Å². The largest absolute Gasteiger partial charge is 0.573 e. The Bertz CT molecular complexity index is 776. The van der Waals surface area contributed by atoms with E-state index in [-0.39, 0.29) is 5.75 Å². The Morgan fingerprint density at radius 3 is 2.57 bits per heavy atom. The molecule has 1 aliphatic rings. The molecule has 1 aliphatic heterocycles. The predicted molar refractivity (Wildman–Crippen MR) is 87.9 cm³/mol. The molecule has 0 spiro atoms. The van der Waals surface area contributed by atoms with Gasteiger partial charge in [0.25, 0.3) is 0 Å². The molecule has 0 bridgehead atoms. The molecule has 1 heterocycles. The third-order valence-electron chi connectivity index (χ3n) is 3.18. The average molecular weight is 406 g/mol. The van der Waals surface area contributed by atoms with Gasteiger partial charge in [-0.15, -0.1) is 13.2 Å². The van der Waals surface area contributed by atoms with Crippen molar-refractivity contribution in [2.24, 2.45) is 4.99 Å². The lowest BCUT2D eigenvalue weighted by Gasteiger charge is -2.19. The summed E-state index contributed by atoms with van der Waals surface area (Å²) < 4.78 is 41.2. The summed E-state index contributed by atoms with van der Waals surface area (Å²) in [6.07, 6.45) is -2.99. The standard InChI is InChI=1S/C15H9BrClF3N2O/c16-12-11(17)7-10(13-14(12)22-6-5-21-13)8-1-3-9(4-2-8)23-15(18,19)20/h1-4,6-7,21H,5H2. The monoisotopic (exact) mass is 404 g/mol. The lowest BCUT2D eigenvalue weighted by molar-refractivity contribution is -0.274. The van der Waals surface area contributed by atoms with Gasteiger partial charge in [-0.3, -0.25) is 4.99 Å². The molecule has 0 amide bonds. The predicted octanol–water partition coefficient (Wildman–Crippen LogP) is 5.80. The third kappa shape index (κ3) is 3.45. The lowest BCUT2D eigenvalue weighted by atomic mass is 10.0. The molecule has 0 radical (unpaired) electrons. The second-order valence-electron chi connectivity index (χ2n) is 4.71. The molecule has 3 rings (SSSR count). The summed E-state index contributed by atoms with van der Waals surface area (Å²) in [5.74, 6) is -0.274. The highest BCUT2D eigenvalue weighted by molar-refractivity contribution is 9.10. The van der Waals surface area contributed by atoms with E-state index in [1.54, 1.807) is 24.4 Å². The van der Waals surface area contributed by atoms with E-state index in [1.807, 2.05) is 0 Å². The third-order valence-corrected chi connectivity index (χ3v) is 4.51. The van der Waals surface area contributed by atoms with Crippen LogP contribution >= 0.6 is 27.5 Å². The van der Waals surface area contributed by atoms with Crippen LogP contribution in [0.25, 0.3) is 11.1 Å². The number of rotatable bonds is 2. The summed E-state index contributed by atoms with van der Waals surface area (Å²) in [6, 6.07) is 7.34. The van der Waals surface area contributed by atoms with Gasteiger partial charge in [-0.05, 0) is 39.7 Å². The van der Waals surface area contributed by atoms with Crippen molar-refractivity contribution in [1.29, 1.82) is 0 Å². The number of anilines is 1. The maximum Gasteiger partial charge on any atom is 0.573 e. The van der Waals surface area contributed by atoms with Crippen LogP contribution in [0, 0.1) is 0 Å². The molecule has 1 N–H and O–H groups in total. The quantitative estimate of drug-likeness (QED) is 0.685. The highest BCUT2D eigenvalue weighted by Crippen LogP contribution is 2.46. The Kier molecular flexibility index (Phi) is 4.25. The van der Waals surface area contributed by atoms with E-state index in [0.717, 1.165) is 11.3 Å². The van der Waals surface area contributed by atoms with E-state index >= 15 is 0 Å². The van der Waals surface area contributed by atoms with E-state index in [2.05, 4.69) is 31.0 Å². The van der Waals surface area contributed by atoms with E-state index in [0.29, 0.717) is 27.3 Å². The van der Waals surface area contributed by atoms with Gasteiger partial charge in [0.1, 0.15) is 11.4 Å². The van der Waals surface area contributed by atoms with Gasteiger partial charge in [-0.25, -0.2) is 0 Å². The number of halogens is 5. The zero-order chi connectivity index (χ0) is 16.6. The number of nitrogens with one attached hydrogen (secondary N) is 1. The Hall–Kier alpha value is -1.73. The van der Waals surface area contributed by atoms with Gasteiger partial charge in [-0.2, -0.15) is 0 Å². The van der Waals surface area contributed by atoms with Crippen LogP contribution in [0.1, 0.15) is 0 Å². The Labute approximate surface area is 143 Å². The average Bonchev–Trinajstić information content (AvgIpc) is 2.50. The van der Waals surface area contributed by atoms with Crippen molar-refractivity contribution in [2.45, 2.75) is 6.36 Å². The second-order valence-corrected chi connectivity index (χ2v) is 5.91. The van der Waals surface area contributed by atoms with Crippen molar-refractivity contribution in [1.82, 2.24) is 0 Å². The molecule has 0 unspecified atom stereocenters. The fourth-order valence-corrected chi connectivity index (χ4v) is 2.88. The minimum atomic E-state index is -4.71. The molecule has 0 fully saturated rings. The van der Waals surface area contributed by atoms with Crippen molar-refractivity contribution in [2.75, 3.05) is 11.9 Å². The first-order valence-electron chi connectivity index (χ1n) is 6.50. The maximum absolute atomic E-state index is 12.2. The van der Waals surface area contributed by atoms with Crippen LogP contribution in [0.5, 0.6) is 5.75 Å². The summed E-state index contributed by atoms with van der Waals surface area (Å²) >= 11 is 9.58. The smallest absolute Gasteiger partial charge is 0.406 e. The van der Waals surface area contributed by atoms with Gasteiger partial charge >= 0.3 is 6.36 Å². The molecule has 3 nitrogen and oxygen atoms in total. The first-order valence-corrected chi connectivity index (χ1v) is 7.67. The van der Waals surface area contributed by atoms with Crippen LogP contribution in [-0.4, -0.2) is 19.1 Å². The SMILES string of the molecule is FC(F)(F)Oc1ccc(-c2cc(Cl)c(Br)c3c2NCC=N3)cc1. The van der Waals surface area contributed by atoms with Crippen molar-refractivity contribution < 1.29 is 17.9 Å². The molecule has 120 valence electrons. The number of ether oxygens (including phenoxy) is 1. The topological polar surface area (TPSA) is 33.6 Å². The second kappa shape index (κ2) is 6.05. The summed E-state index contributed by atoms with van der Waals surface area (Å²) in [7, 11) is 0. The van der Waals surface area contributed by atoms with Crippen LogP contribution in [0.2, 0.25) is 5.02 Å². The molecule has 2 aromatic carbocycles. The molecular weight excluding hydrogens is 397 g/mol. The number of fused-ring (bicyclic) bond motifs is 1. The lowest BCUT2D eigenvalue weighted by Crippen LogP contribution is -2.16. The number of aliphatic imine (C=N–C) groups is 1. The molecule has 0 aromatic heterocycles. The Morgan fingerprint density at radius 2 is 1.91 bits per heavy atom. The number of hydrogen-bond donors (Lipinski definition) is 1. The number of alkyl halides is 3. The summed E-state index contributed by atoms with van der Waals surface area (Å²) in [4.78, 5) is 4.31. The van der Waals surface area contributed by atoms with Crippen molar-refractivity contribution in [3.05, 3.63) is 39.8 Å². The van der Waals surface area contributed by atoms with E-state index < -0.39 is 6.36 Å². The molecule has 0 saturated carbocycles. The van der Waals surface area contributed by atoms with Crippen LogP contribution in [-0.2, 0) is 0 Å². The highest BCUT2D eigenvalue weighted by Gasteiger charge is 2.31. The van der Waals surface area contributed by atoms with Gasteiger partial charge in [0.15, 0.2) is 0 Å². The molecule has 0 atom stereocenters. The van der Waals surface area contributed by atoms with Gasteiger partial charge < -0.3 is 10.1 Å². The van der Waals surface area contributed by atoms with Gasteiger partial charge in [0.2, 0.25) is 0 Å². The van der Waals surface area contributed by atoms with Crippen molar-refractivity contribution in [3.63, 3.8) is 0 Å². The maximum atomic E-state index is 12.2. The van der Waals surface area contributed by atoms with Crippen LogP contribution in [0.4, 0.5) is 24.5 Å². The number of nitrogens with zero attached hydrogens (tertiary/aromatic N) is 1. The molecule has 2 aromatic rings. The van der Waals surface area contributed by atoms with E-state index in [1.165, 1.54) is 12.1 Å². The Morgan fingerprint density at radius 1 is 1.22 bits per heavy atom. The van der Waals surface area contributed by atoms with Gasteiger partial charge in [-0.1, -0.05) is 23.7 Å². The molecule has 8 heteroatoms. The summed E-state index contributed by atoms with van der Waals surface area (Å²) in [6.45, 7) is 0.559. The zero-order valence-corrected chi connectivity index (χ0v) is 13.8. The van der Waals surface area contributed by atoms with E-state index in [4.69, 9.17) is 11.6 Å². The first kappa shape index (κ1) is 16.1. The highest BCUT2D eigenvalue weighted by atomic mass is 79.9. The normalized spacial score (nSPS) is 13.4. The van der Waals surface area contributed by atoms with Crippen LogP contribution in [0.15, 0.2) is 39.8 Å². The molecular formula is C15H9BrClF3N2O. The number of hydrogen-bond acceptors (Lipinski definition) is 3. The van der Waals surface area contributed by atoms with Crippen molar-refractivity contribution >= 4 is 45.1 Å². The van der Waals surface area contributed by atoms with Crippen molar-refractivity contribution in [3.8, 4) is 16.9 Å². The fourth-order valence-electron chi connectivity index (χ4n) is 2.26. The van der Waals surface area contributed by atoms with Gasteiger partial charge in [0.05, 0.1) is 21.7 Å². The minimum Gasteiger partial charge on any atom is -0.406 e. The zero-order valence-electron chi connectivity index (χ0n) is 11.4. The van der Waals surface area contributed by atoms with E-state index in [9.17, 15) is 13.2 Å². The Balaban J connectivity index is 2.02. The summed E-state index contributed by atoms with van der Waals surface area (Å²) in [5, 5.41) is 3.67. The molecule has 0 aliphatic carbocycles. The number of benzene rings is 2. The van der Waals surface area contributed by atoms with Gasteiger partial charge in [0, 0.05) is 11.8 Å². The summed E-state index contributed by atoms with van der Waals surface area (Å²) in [5.41, 5.74) is 2.89.